The lowest BCUT2D eigenvalue weighted by Crippen LogP contribution is -2.53. The summed E-state index contributed by atoms with van der Waals surface area (Å²) in [6, 6.07) is 0.0942. The van der Waals surface area contributed by atoms with Crippen LogP contribution < -0.4 is 11.1 Å². The average Bonchev–Trinajstić information content (AvgIpc) is 3.04. The highest BCUT2D eigenvalue weighted by Gasteiger charge is 2.35. The third kappa shape index (κ3) is 5.31. The van der Waals surface area contributed by atoms with E-state index in [2.05, 4.69) is 31.4 Å². The van der Waals surface area contributed by atoms with E-state index in [0.29, 0.717) is 6.42 Å². The molecule has 11 heteroatoms. The van der Waals surface area contributed by atoms with Gasteiger partial charge in [-0.05, 0) is 41.8 Å². The maximum Gasteiger partial charge on any atom is 0.435 e. The maximum atomic E-state index is 12.7. The summed E-state index contributed by atoms with van der Waals surface area (Å²) in [5.74, 6) is -0.404. The van der Waals surface area contributed by atoms with Crippen LogP contribution in [0.25, 0.3) is 0 Å². The fraction of sp³-hybridized carbons (Fsp3) is 0.533. The molecule has 2 heterocycles. The van der Waals surface area contributed by atoms with E-state index < -0.39 is 29.4 Å². The smallest absolute Gasteiger partial charge is 0.348 e. The molecule has 0 saturated carbocycles. The van der Waals surface area contributed by atoms with Crippen LogP contribution in [0.4, 0.5) is 13.2 Å². The number of nitrogens with two attached hydrogens (primary N) is 1. The Bertz CT molecular complexity index is 783. The first-order valence-electron chi connectivity index (χ1n) is 7.73. The van der Waals surface area contributed by atoms with Crippen molar-refractivity contribution in [2.24, 2.45) is 12.8 Å². The van der Waals surface area contributed by atoms with Crippen molar-refractivity contribution >= 4 is 21.8 Å². The van der Waals surface area contributed by atoms with Crippen LogP contribution >= 0.6 is 15.9 Å². The third-order valence-corrected chi connectivity index (χ3v) is 4.22. The molecule has 2 aromatic heterocycles. The number of hydrogen-bond acceptors (Lipinski definition) is 4. The minimum absolute atomic E-state index is 0.0367. The van der Waals surface area contributed by atoms with E-state index in [4.69, 9.17) is 5.73 Å². The van der Waals surface area contributed by atoms with Gasteiger partial charge in [-0.15, -0.1) is 0 Å². The van der Waals surface area contributed by atoms with E-state index in [1.807, 2.05) is 0 Å². The number of carbonyl (C=O) groups is 1. The van der Waals surface area contributed by atoms with Gasteiger partial charge in [0.05, 0.1) is 24.3 Å². The average molecular weight is 437 g/mol. The number of aromatic nitrogens is 4. The Kier molecular flexibility index (Phi) is 5.81. The zero-order valence-electron chi connectivity index (χ0n) is 14.5. The van der Waals surface area contributed by atoms with Gasteiger partial charge >= 0.3 is 6.18 Å². The Morgan fingerprint density at radius 1 is 1.42 bits per heavy atom. The number of aryl methyl sites for hydroxylation is 1. The van der Waals surface area contributed by atoms with Gasteiger partial charge in [0.25, 0.3) is 0 Å². The Hall–Kier alpha value is -1.88. The lowest BCUT2D eigenvalue weighted by molar-refractivity contribution is -0.141. The zero-order valence-corrected chi connectivity index (χ0v) is 16.1. The molecule has 2 aromatic rings. The van der Waals surface area contributed by atoms with Crippen molar-refractivity contribution in [1.29, 1.82) is 0 Å². The molecule has 1 amide bonds. The maximum absolute atomic E-state index is 12.7. The summed E-state index contributed by atoms with van der Waals surface area (Å²) in [5, 5.41) is 10.3. The van der Waals surface area contributed by atoms with Gasteiger partial charge in [0.15, 0.2) is 5.69 Å². The van der Waals surface area contributed by atoms with E-state index in [1.54, 1.807) is 38.0 Å². The quantitative estimate of drug-likeness (QED) is 0.722. The van der Waals surface area contributed by atoms with E-state index in [0.717, 1.165) is 16.3 Å². The van der Waals surface area contributed by atoms with Crippen LogP contribution in [-0.2, 0) is 31.0 Å². The van der Waals surface area contributed by atoms with Crippen LogP contribution in [-0.4, -0.2) is 37.0 Å². The molecule has 1 atom stereocenters. The first-order valence-corrected chi connectivity index (χ1v) is 8.52. The largest absolute Gasteiger partial charge is 0.435 e. The number of carbonyl (C=O) groups excluding carboxylic acids is 1. The molecule has 7 nitrogen and oxygen atoms in total. The molecular formula is C15H20BrF3N6O. The Labute approximate surface area is 156 Å². The second kappa shape index (κ2) is 7.39. The summed E-state index contributed by atoms with van der Waals surface area (Å²) in [5.41, 5.74) is 4.88. The second-order valence-corrected chi connectivity index (χ2v) is 7.53. The normalized spacial score (nSPS) is 13.7. The summed E-state index contributed by atoms with van der Waals surface area (Å²) >= 11 is 3.06. The van der Waals surface area contributed by atoms with Gasteiger partial charge < -0.3 is 11.1 Å². The predicted molar refractivity (Wildman–Crippen MR) is 92.0 cm³/mol. The van der Waals surface area contributed by atoms with E-state index in [9.17, 15) is 18.0 Å². The predicted octanol–water partition coefficient (Wildman–Crippen LogP) is 1.86. The molecule has 0 aliphatic carbocycles. The number of hydrogen-bond donors (Lipinski definition) is 2. The highest BCUT2D eigenvalue weighted by Crippen LogP contribution is 2.30. The molecule has 144 valence electrons. The summed E-state index contributed by atoms with van der Waals surface area (Å²) in [6.07, 6.45) is -0.845. The molecular weight excluding hydrogens is 417 g/mol. The van der Waals surface area contributed by atoms with Gasteiger partial charge in [-0.1, -0.05) is 0 Å². The minimum Gasteiger partial charge on any atom is -0.348 e. The standard InChI is InChI=1S/C15H20BrF3N6O/c1-14(2,8-25-12(16)5-11(23-25)15(17,18)19)22-13(26)10(20)4-9-6-21-24(3)7-9/h5-7,10H,4,8,20H2,1-3H3,(H,22,26)/t10-/m1/s1. The number of amides is 1. The van der Waals surface area contributed by atoms with Crippen molar-refractivity contribution < 1.29 is 18.0 Å². The molecule has 3 N–H and O–H groups in total. The van der Waals surface area contributed by atoms with Crippen molar-refractivity contribution in [3.05, 3.63) is 34.3 Å². The molecule has 0 unspecified atom stereocenters. The molecule has 0 fully saturated rings. The van der Waals surface area contributed by atoms with Gasteiger partial charge in [0, 0.05) is 19.3 Å². The first kappa shape index (κ1) is 20.4. The topological polar surface area (TPSA) is 90.8 Å². The van der Waals surface area contributed by atoms with Crippen molar-refractivity contribution in [3.8, 4) is 0 Å². The van der Waals surface area contributed by atoms with E-state index in [1.165, 1.54) is 0 Å². The van der Waals surface area contributed by atoms with E-state index >= 15 is 0 Å². The molecule has 0 saturated heterocycles. The Morgan fingerprint density at radius 2 is 2.08 bits per heavy atom. The van der Waals surface area contributed by atoms with Gasteiger partial charge in [0.1, 0.15) is 4.60 Å². The van der Waals surface area contributed by atoms with E-state index in [-0.39, 0.29) is 11.1 Å². The van der Waals surface area contributed by atoms with Crippen molar-refractivity contribution in [2.45, 2.75) is 44.6 Å². The molecule has 26 heavy (non-hydrogen) atoms. The molecule has 2 rings (SSSR count). The fourth-order valence-electron chi connectivity index (χ4n) is 2.41. The number of nitrogens with zero attached hydrogens (tertiary/aromatic N) is 4. The number of nitrogens with one attached hydrogen (secondary N) is 1. The highest BCUT2D eigenvalue weighted by molar-refractivity contribution is 9.10. The zero-order chi connectivity index (χ0) is 19.7. The molecule has 0 radical (unpaired) electrons. The van der Waals surface area contributed by atoms with Crippen LogP contribution in [0.2, 0.25) is 0 Å². The molecule has 0 spiro atoms. The summed E-state index contributed by atoms with van der Waals surface area (Å²) in [6.45, 7) is 3.40. The molecule has 0 aliphatic heterocycles. The monoisotopic (exact) mass is 436 g/mol. The third-order valence-electron chi connectivity index (χ3n) is 3.58. The fourth-order valence-corrected chi connectivity index (χ4v) is 2.83. The van der Waals surface area contributed by atoms with Crippen LogP contribution in [0, 0.1) is 0 Å². The number of halogens is 4. The van der Waals surface area contributed by atoms with Crippen LogP contribution in [0.3, 0.4) is 0 Å². The Balaban J connectivity index is 2.01. The number of rotatable bonds is 6. The van der Waals surface area contributed by atoms with Crippen molar-refractivity contribution in [3.63, 3.8) is 0 Å². The van der Waals surface area contributed by atoms with Crippen LogP contribution in [0.15, 0.2) is 23.1 Å². The van der Waals surface area contributed by atoms with Gasteiger partial charge in [-0.2, -0.15) is 23.4 Å². The molecule has 0 aromatic carbocycles. The molecule has 0 bridgehead atoms. The highest BCUT2D eigenvalue weighted by atomic mass is 79.9. The second-order valence-electron chi connectivity index (χ2n) is 6.71. The minimum atomic E-state index is -4.53. The Morgan fingerprint density at radius 3 is 2.58 bits per heavy atom. The lowest BCUT2D eigenvalue weighted by Gasteiger charge is -2.28. The summed E-state index contributed by atoms with van der Waals surface area (Å²) in [4.78, 5) is 12.3. The number of alkyl halides is 3. The SMILES string of the molecule is Cn1cc(C[C@@H](N)C(=O)NC(C)(C)Cn2nc(C(F)(F)F)cc2Br)cn1. The molecule has 0 aliphatic rings. The van der Waals surface area contributed by atoms with Gasteiger partial charge in [-0.3, -0.25) is 14.2 Å². The lowest BCUT2D eigenvalue weighted by atomic mass is 10.0. The van der Waals surface area contributed by atoms with Crippen molar-refractivity contribution in [1.82, 2.24) is 24.9 Å². The van der Waals surface area contributed by atoms with Crippen molar-refractivity contribution in [2.75, 3.05) is 0 Å². The first-order chi connectivity index (χ1) is 11.9. The van der Waals surface area contributed by atoms with Gasteiger partial charge in [0.2, 0.25) is 5.91 Å². The summed E-state index contributed by atoms with van der Waals surface area (Å²) in [7, 11) is 1.76. The summed E-state index contributed by atoms with van der Waals surface area (Å²) < 4.78 is 41.2. The van der Waals surface area contributed by atoms with Crippen LogP contribution in [0.1, 0.15) is 25.1 Å². The van der Waals surface area contributed by atoms with Crippen LogP contribution in [0.5, 0.6) is 0 Å². The van der Waals surface area contributed by atoms with Gasteiger partial charge in [-0.25, -0.2) is 0 Å².